The number of hydrogen-bond acceptors (Lipinski definition) is 4. The zero-order valence-electron chi connectivity index (χ0n) is 18.4. The number of aryl methyl sites for hydroxylation is 2. The van der Waals surface area contributed by atoms with Gasteiger partial charge in [0, 0.05) is 43.5 Å². The lowest BCUT2D eigenvalue weighted by atomic mass is 9.78. The van der Waals surface area contributed by atoms with E-state index in [1.165, 1.54) is 22.0 Å². The summed E-state index contributed by atoms with van der Waals surface area (Å²) in [6.45, 7) is 16.7. The summed E-state index contributed by atoms with van der Waals surface area (Å²) in [6, 6.07) is 0. The smallest absolute Gasteiger partial charge is 0.191 e. The van der Waals surface area contributed by atoms with Gasteiger partial charge >= 0.3 is 0 Å². The molecule has 1 aromatic heterocycles. The van der Waals surface area contributed by atoms with Gasteiger partial charge < -0.3 is 15.4 Å². The summed E-state index contributed by atoms with van der Waals surface area (Å²) in [6.07, 6.45) is 4.57. The second-order valence-corrected chi connectivity index (χ2v) is 9.71. The Morgan fingerprint density at radius 3 is 2.64 bits per heavy atom. The van der Waals surface area contributed by atoms with Crippen LogP contribution in [0.4, 0.5) is 0 Å². The third-order valence-electron chi connectivity index (χ3n) is 5.03. The third-order valence-corrected chi connectivity index (χ3v) is 6.10. The molecule has 1 aliphatic rings. The highest BCUT2D eigenvalue weighted by Crippen LogP contribution is 2.34. The summed E-state index contributed by atoms with van der Waals surface area (Å²) in [5, 5.41) is 8.05. The Morgan fingerprint density at radius 1 is 1.29 bits per heavy atom. The lowest BCUT2D eigenvalue weighted by Gasteiger charge is -2.39. The average Bonchev–Trinajstić information content (AvgIpc) is 2.99. The Balaban J connectivity index is 0.00000392. The maximum absolute atomic E-state index is 6.09. The van der Waals surface area contributed by atoms with E-state index in [1.54, 1.807) is 0 Å². The highest BCUT2D eigenvalue weighted by molar-refractivity contribution is 14.0. The summed E-state index contributed by atoms with van der Waals surface area (Å²) in [4.78, 5) is 10.9. The van der Waals surface area contributed by atoms with Gasteiger partial charge in [0.2, 0.25) is 0 Å². The molecule has 0 bridgehead atoms. The largest absolute Gasteiger partial charge is 0.377 e. The molecule has 2 N–H and O–H groups in total. The van der Waals surface area contributed by atoms with Crippen molar-refractivity contribution in [3.05, 3.63) is 15.6 Å². The van der Waals surface area contributed by atoms with Crippen molar-refractivity contribution >= 4 is 41.3 Å². The molecule has 0 saturated carbocycles. The van der Waals surface area contributed by atoms with Gasteiger partial charge in [-0.2, -0.15) is 0 Å². The van der Waals surface area contributed by atoms with Crippen LogP contribution in [0.15, 0.2) is 4.99 Å². The van der Waals surface area contributed by atoms with E-state index in [1.807, 2.05) is 11.3 Å². The van der Waals surface area contributed by atoms with Gasteiger partial charge in [0.1, 0.15) is 0 Å². The lowest BCUT2D eigenvalue weighted by molar-refractivity contribution is -0.0823. The maximum Gasteiger partial charge on any atom is 0.191 e. The van der Waals surface area contributed by atoms with Gasteiger partial charge in [0.25, 0.3) is 0 Å². The van der Waals surface area contributed by atoms with E-state index in [0.29, 0.717) is 5.92 Å². The minimum Gasteiger partial charge on any atom is -0.377 e. The molecule has 2 atom stereocenters. The molecular weight excluding hydrogens is 483 g/mol. The average molecular weight is 523 g/mol. The van der Waals surface area contributed by atoms with E-state index >= 15 is 0 Å². The van der Waals surface area contributed by atoms with Crippen molar-refractivity contribution in [1.29, 1.82) is 0 Å². The topological polar surface area (TPSA) is 58.5 Å². The summed E-state index contributed by atoms with van der Waals surface area (Å²) < 4.78 is 6.09. The molecule has 28 heavy (non-hydrogen) atoms. The van der Waals surface area contributed by atoms with Crippen molar-refractivity contribution in [2.45, 2.75) is 73.3 Å². The van der Waals surface area contributed by atoms with Crippen LogP contribution in [0, 0.1) is 18.3 Å². The van der Waals surface area contributed by atoms with Gasteiger partial charge in [-0.05, 0) is 38.5 Å². The quantitative estimate of drug-likeness (QED) is 0.313. The Morgan fingerprint density at radius 2 is 2.04 bits per heavy atom. The zero-order chi connectivity index (χ0) is 19.9. The Hall–Kier alpha value is -0.410. The summed E-state index contributed by atoms with van der Waals surface area (Å²) >= 11 is 1.82. The number of guanidine groups is 1. The number of hydrogen-bond donors (Lipinski definition) is 2. The molecule has 5 nitrogen and oxygen atoms in total. The lowest BCUT2D eigenvalue weighted by Crippen LogP contribution is -2.43. The number of ether oxygens (including phenoxy) is 1. The van der Waals surface area contributed by atoms with Crippen LogP contribution in [0.2, 0.25) is 0 Å². The molecule has 7 heteroatoms. The van der Waals surface area contributed by atoms with E-state index < -0.39 is 0 Å². The highest BCUT2D eigenvalue weighted by Gasteiger charge is 2.35. The van der Waals surface area contributed by atoms with Crippen molar-refractivity contribution < 1.29 is 4.74 Å². The van der Waals surface area contributed by atoms with Crippen LogP contribution >= 0.6 is 35.3 Å². The summed E-state index contributed by atoms with van der Waals surface area (Å²) in [5.41, 5.74) is 1.40. The molecule has 0 aromatic carbocycles. The van der Waals surface area contributed by atoms with E-state index in [2.05, 4.69) is 52.2 Å². The first-order valence-electron chi connectivity index (χ1n) is 10.4. The number of thiazole rings is 1. The fraction of sp³-hybridized carbons (Fsp3) is 0.810. The van der Waals surface area contributed by atoms with Gasteiger partial charge in [-0.25, -0.2) is 4.98 Å². The number of nitrogens with zero attached hydrogens (tertiary/aromatic N) is 2. The van der Waals surface area contributed by atoms with Gasteiger partial charge in [-0.15, -0.1) is 35.3 Å². The molecule has 2 heterocycles. The Labute approximate surface area is 192 Å². The van der Waals surface area contributed by atoms with Crippen LogP contribution in [-0.4, -0.2) is 43.3 Å². The number of aromatic nitrogens is 1. The second-order valence-electron chi connectivity index (χ2n) is 8.42. The van der Waals surface area contributed by atoms with Crippen molar-refractivity contribution in [3.63, 3.8) is 0 Å². The van der Waals surface area contributed by atoms with E-state index in [0.717, 1.165) is 51.5 Å². The summed E-state index contributed by atoms with van der Waals surface area (Å²) in [7, 11) is 0. The number of rotatable bonds is 7. The molecule has 1 fully saturated rings. The van der Waals surface area contributed by atoms with Gasteiger partial charge in [-0.3, -0.25) is 4.99 Å². The molecule has 1 aromatic rings. The van der Waals surface area contributed by atoms with Gasteiger partial charge in [0.05, 0.1) is 16.8 Å². The minimum atomic E-state index is 0. The monoisotopic (exact) mass is 522 g/mol. The first-order chi connectivity index (χ1) is 12.8. The Bertz CT molecular complexity index is 612. The first kappa shape index (κ1) is 25.6. The molecule has 0 spiro atoms. The number of aliphatic imine (C=N–C) groups is 1. The Kier molecular flexibility index (Phi) is 11.3. The standard InChI is InChI=1S/C21H38N4OS.HI/c1-7-17-15(3)27-18(25-17)11-12-23-20(22-8-2)24-14-16-10-9-13-26-19(16)21(4,5)6;/h16,19H,7-14H2,1-6H3,(H2,22,23,24);1H. The normalized spacial score (nSPS) is 20.6. The molecule has 162 valence electrons. The first-order valence-corrected chi connectivity index (χ1v) is 11.3. The van der Waals surface area contributed by atoms with Crippen LogP contribution < -0.4 is 10.6 Å². The van der Waals surface area contributed by atoms with E-state index in [-0.39, 0.29) is 35.5 Å². The molecule has 1 aliphatic heterocycles. The van der Waals surface area contributed by atoms with Crippen molar-refractivity contribution in [2.24, 2.45) is 16.3 Å². The minimum absolute atomic E-state index is 0. The van der Waals surface area contributed by atoms with Crippen LogP contribution in [0.5, 0.6) is 0 Å². The fourth-order valence-corrected chi connectivity index (χ4v) is 4.77. The predicted octanol–water partition coefficient (Wildman–Crippen LogP) is 4.57. The van der Waals surface area contributed by atoms with Crippen LogP contribution in [0.25, 0.3) is 0 Å². The molecule has 0 radical (unpaired) electrons. The molecule has 1 saturated heterocycles. The van der Waals surface area contributed by atoms with E-state index in [4.69, 9.17) is 14.7 Å². The number of halogens is 1. The molecular formula is C21H39IN4OS. The second kappa shape index (κ2) is 12.3. The van der Waals surface area contributed by atoms with Crippen molar-refractivity contribution in [1.82, 2.24) is 15.6 Å². The van der Waals surface area contributed by atoms with Crippen LogP contribution in [0.3, 0.4) is 0 Å². The molecule has 2 unspecified atom stereocenters. The number of nitrogens with one attached hydrogen (secondary N) is 2. The van der Waals surface area contributed by atoms with Gasteiger partial charge in [-0.1, -0.05) is 27.7 Å². The van der Waals surface area contributed by atoms with Crippen LogP contribution in [-0.2, 0) is 17.6 Å². The fourth-order valence-electron chi connectivity index (χ4n) is 3.75. The van der Waals surface area contributed by atoms with Gasteiger partial charge in [0.15, 0.2) is 5.96 Å². The van der Waals surface area contributed by atoms with E-state index in [9.17, 15) is 0 Å². The van der Waals surface area contributed by atoms with Crippen molar-refractivity contribution in [2.75, 3.05) is 26.2 Å². The van der Waals surface area contributed by atoms with Crippen molar-refractivity contribution in [3.8, 4) is 0 Å². The predicted molar refractivity (Wildman–Crippen MR) is 131 cm³/mol. The van der Waals surface area contributed by atoms with Crippen LogP contribution in [0.1, 0.15) is 63.0 Å². The zero-order valence-corrected chi connectivity index (χ0v) is 21.6. The maximum atomic E-state index is 6.09. The third kappa shape index (κ3) is 7.78. The highest BCUT2D eigenvalue weighted by atomic mass is 127. The molecule has 2 rings (SSSR count). The molecule has 0 amide bonds. The molecule has 0 aliphatic carbocycles. The summed E-state index contributed by atoms with van der Waals surface area (Å²) in [5.74, 6) is 1.39. The SMILES string of the molecule is CCNC(=NCC1CCCOC1C(C)(C)C)NCCc1nc(CC)c(C)s1.I.